The number of anilines is 1. The van der Waals surface area contributed by atoms with Gasteiger partial charge in [0.2, 0.25) is 5.88 Å². The highest BCUT2D eigenvalue weighted by Crippen LogP contribution is 2.32. The molecule has 0 unspecified atom stereocenters. The van der Waals surface area contributed by atoms with Gasteiger partial charge in [0.1, 0.15) is 17.1 Å². The van der Waals surface area contributed by atoms with Crippen LogP contribution in [0.4, 0.5) is 5.82 Å². The van der Waals surface area contributed by atoms with Gasteiger partial charge < -0.3 is 16.2 Å². The number of benzene rings is 2. The minimum Gasteiger partial charge on any atom is -0.438 e. The molecule has 2 heterocycles. The highest BCUT2D eigenvalue weighted by atomic mass is 32.2. The molecule has 0 atom stereocenters. The Hall–Kier alpha value is -4.28. The van der Waals surface area contributed by atoms with Crippen LogP contribution in [0.2, 0.25) is 0 Å². The van der Waals surface area contributed by atoms with E-state index in [1.165, 1.54) is 24.3 Å². The summed E-state index contributed by atoms with van der Waals surface area (Å²) in [6.07, 6.45) is 0. The molecule has 0 spiro atoms. The first-order valence-corrected chi connectivity index (χ1v) is 12.9. The number of hydrogen-bond donors (Lipinski definition) is 3. The number of rotatable bonds is 7. The van der Waals surface area contributed by atoms with Crippen molar-refractivity contribution in [2.75, 3.05) is 5.73 Å². The average molecular weight is 518 g/mol. The molecule has 0 radical (unpaired) electrons. The Morgan fingerprint density at radius 2 is 1.65 bits per heavy atom. The number of nitrogens with two attached hydrogens (primary N) is 2. The largest absolute Gasteiger partial charge is 0.438 e. The number of aryl methyl sites for hydroxylation is 3. The molecule has 4 aromatic rings. The van der Waals surface area contributed by atoms with Gasteiger partial charge >= 0.3 is 0 Å². The number of nitrogens with one attached hydrogen (secondary N) is 1. The maximum atomic E-state index is 13.2. The highest BCUT2D eigenvalue weighted by Gasteiger charge is 2.25. The van der Waals surface area contributed by atoms with Crippen molar-refractivity contribution in [1.82, 2.24) is 14.7 Å². The van der Waals surface area contributed by atoms with Crippen molar-refractivity contribution < 1.29 is 17.9 Å². The lowest BCUT2D eigenvalue weighted by molar-refractivity contribution is 0.0978. The van der Waals surface area contributed by atoms with E-state index in [-0.39, 0.29) is 22.3 Å². The zero-order valence-electron chi connectivity index (χ0n) is 20.6. The summed E-state index contributed by atoms with van der Waals surface area (Å²) in [6, 6.07) is 18.6. The number of nitrogen functional groups attached to an aromatic ring is 1. The third-order valence-electron chi connectivity index (χ3n) is 5.61. The van der Waals surface area contributed by atoms with Gasteiger partial charge in [-0.1, -0.05) is 42.0 Å². The topological polar surface area (TPSA) is 150 Å². The fourth-order valence-electron chi connectivity index (χ4n) is 3.94. The molecule has 0 saturated heterocycles. The maximum Gasteiger partial charge on any atom is 0.281 e. The van der Waals surface area contributed by atoms with E-state index >= 15 is 0 Å². The van der Waals surface area contributed by atoms with Crippen LogP contribution in [0, 0.1) is 20.8 Å². The van der Waals surface area contributed by atoms with Crippen LogP contribution in [0.1, 0.15) is 32.6 Å². The first-order chi connectivity index (χ1) is 17.6. The lowest BCUT2D eigenvalue weighted by atomic mass is 10.1. The number of sulfonamides is 1. The zero-order valence-corrected chi connectivity index (χ0v) is 21.5. The second kappa shape index (κ2) is 10.4. The third kappa shape index (κ3) is 5.76. The van der Waals surface area contributed by atoms with Crippen molar-refractivity contribution in [3.63, 3.8) is 0 Å². The standard InChI is InChI=1S/C27H27N5O4S/c1-16-12-17(2)25(18(3)13-16)36-27-21(10-11-22(30-27)20-7-4-6-19(14-20)15-28)26(33)32-37(34,35)24-9-5-8-23(29)31-24/h4-14H,15,28H2,1-3H3,(H2,29,31)(H,32,33). The predicted octanol–water partition coefficient (Wildman–Crippen LogP) is 4.02. The lowest BCUT2D eigenvalue weighted by Crippen LogP contribution is -2.31. The monoisotopic (exact) mass is 517 g/mol. The van der Waals surface area contributed by atoms with E-state index in [1.807, 2.05) is 61.9 Å². The summed E-state index contributed by atoms with van der Waals surface area (Å²) in [5, 5.41) is -0.378. The van der Waals surface area contributed by atoms with Crippen LogP contribution >= 0.6 is 0 Å². The van der Waals surface area contributed by atoms with Gasteiger partial charge in [0, 0.05) is 12.1 Å². The van der Waals surface area contributed by atoms with E-state index in [0.717, 1.165) is 27.8 Å². The number of amides is 1. The number of carbonyl (C=O) groups is 1. The fraction of sp³-hybridized carbons (Fsp3) is 0.148. The van der Waals surface area contributed by atoms with Crippen LogP contribution in [0.3, 0.4) is 0 Å². The molecule has 0 aliphatic carbocycles. The molecular formula is C27H27N5O4S. The van der Waals surface area contributed by atoms with Gasteiger partial charge in [-0.15, -0.1) is 0 Å². The van der Waals surface area contributed by atoms with Gasteiger partial charge in [0.25, 0.3) is 15.9 Å². The summed E-state index contributed by atoms with van der Waals surface area (Å²) in [6.45, 7) is 6.11. The molecule has 1 amide bonds. The maximum absolute atomic E-state index is 13.2. The Bertz CT molecular complexity index is 1580. The smallest absolute Gasteiger partial charge is 0.281 e. The Morgan fingerprint density at radius 3 is 2.32 bits per heavy atom. The molecule has 190 valence electrons. The summed E-state index contributed by atoms with van der Waals surface area (Å²) in [5.41, 5.74) is 16.3. The minimum absolute atomic E-state index is 0.00963. The van der Waals surface area contributed by atoms with Crippen LogP contribution in [0.15, 0.2) is 71.8 Å². The van der Waals surface area contributed by atoms with E-state index in [0.29, 0.717) is 18.0 Å². The van der Waals surface area contributed by atoms with Crippen molar-refractivity contribution in [2.24, 2.45) is 5.73 Å². The van der Waals surface area contributed by atoms with E-state index in [9.17, 15) is 13.2 Å². The van der Waals surface area contributed by atoms with Gasteiger partial charge in [0.05, 0.1) is 5.69 Å². The molecule has 0 aliphatic rings. The van der Waals surface area contributed by atoms with Crippen molar-refractivity contribution in [1.29, 1.82) is 0 Å². The van der Waals surface area contributed by atoms with Gasteiger partial charge in [-0.05, 0) is 67.8 Å². The number of nitrogens with zero attached hydrogens (tertiary/aromatic N) is 2. The Kier molecular flexibility index (Phi) is 7.23. The third-order valence-corrected chi connectivity index (χ3v) is 6.85. The molecule has 2 aromatic heterocycles. The second-order valence-corrected chi connectivity index (χ2v) is 10.2. The Labute approximate surface area is 215 Å². The number of ether oxygens (including phenoxy) is 1. The molecular weight excluding hydrogens is 490 g/mol. The van der Waals surface area contributed by atoms with Crippen molar-refractivity contribution in [2.45, 2.75) is 32.3 Å². The summed E-state index contributed by atoms with van der Waals surface area (Å²) in [7, 11) is -4.30. The molecule has 4 rings (SSSR count). The van der Waals surface area contributed by atoms with Crippen LogP contribution in [-0.4, -0.2) is 24.3 Å². The molecule has 5 N–H and O–H groups in total. The molecule has 0 bridgehead atoms. The van der Waals surface area contributed by atoms with Gasteiger partial charge in [-0.2, -0.15) is 8.42 Å². The molecule has 0 fully saturated rings. The average Bonchev–Trinajstić information content (AvgIpc) is 2.86. The summed E-state index contributed by atoms with van der Waals surface area (Å²) in [4.78, 5) is 21.6. The van der Waals surface area contributed by atoms with E-state index in [2.05, 4.69) is 9.97 Å². The normalized spacial score (nSPS) is 11.2. The number of aromatic nitrogens is 2. The lowest BCUT2D eigenvalue weighted by Gasteiger charge is -2.16. The molecule has 2 aromatic carbocycles. The van der Waals surface area contributed by atoms with Crippen LogP contribution in [0.25, 0.3) is 11.3 Å². The first kappa shape index (κ1) is 25.8. The molecule has 0 aliphatic heterocycles. The zero-order chi connectivity index (χ0) is 26.7. The van der Waals surface area contributed by atoms with Gasteiger partial charge in [-0.25, -0.2) is 14.7 Å². The molecule has 10 heteroatoms. The van der Waals surface area contributed by atoms with Crippen LogP contribution in [0.5, 0.6) is 11.6 Å². The first-order valence-electron chi connectivity index (χ1n) is 11.4. The van der Waals surface area contributed by atoms with Crippen molar-refractivity contribution in [3.05, 3.63) is 94.5 Å². The van der Waals surface area contributed by atoms with Crippen molar-refractivity contribution >= 4 is 21.7 Å². The SMILES string of the molecule is Cc1cc(C)c(Oc2nc(-c3cccc(CN)c3)ccc2C(=O)NS(=O)(=O)c2cccc(N)n2)c(C)c1. The van der Waals surface area contributed by atoms with E-state index < -0.39 is 15.9 Å². The summed E-state index contributed by atoms with van der Waals surface area (Å²) in [5.74, 6) is -0.425. The fourth-order valence-corrected chi connectivity index (χ4v) is 4.89. The highest BCUT2D eigenvalue weighted by molar-refractivity contribution is 7.90. The molecule has 37 heavy (non-hydrogen) atoms. The second-order valence-electron chi connectivity index (χ2n) is 8.62. The summed E-state index contributed by atoms with van der Waals surface area (Å²) >= 11 is 0. The number of carbonyl (C=O) groups excluding carboxylic acids is 1. The Balaban J connectivity index is 1.78. The van der Waals surface area contributed by atoms with E-state index in [1.54, 1.807) is 6.07 Å². The van der Waals surface area contributed by atoms with Crippen LogP contribution < -0.4 is 20.9 Å². The Morgan fingerprint density at radius 1 is 0.946 bits per heavy atom. The minimum atomic E-state index is -4.30. The molecule has 0 saturated carbocycles. The quantitative estimate of drug-likeness (QED) is 0.333. The van der Waals surface area contributed by atoms with Crippen molar-refractivity contribution in [3.8, 4) is 22.9 Å². The van der Waals surface area contributed by atoms with Crippen LogP contribution in [-0.2, 0) is 16.6 Å². The van der Waals surface area contributed by atoms with E-state index in [4.69, 9.17) is 16.2 Å². The number of hydrogen-bond acceptors (Lipinski definition) is 8. The van der Waals surface area contributed by atoms with Gasteiger partial charge in [0.15, 0.2) is 5.03 Å². The number of pyridine rings is 2. The predicted molar refractivity (Wildman–Crippen MR) is 142 cm³/mol. The van der Waals surface area contributed by atoms with Gasteiger partial charge in [-0.3, -0.25) is 4.79 Å². The summed E-state index contributed by atoms with van der Waals surface area (Å²) < 4.78 is 33.9. The molecule has 9 nitrogen and oxygen atoms in total.